The van der Waals surface area contributed by atoms with E-state index in [0.717, 1.165) is 75.1 Å². The maximum Gasteiger partial charge on any atom is 0.257 e. The van der Waals surface area contributed by atoms with E-state index >= 15 is 0 Å². The first kappa shape index (κ1) is 26.5. The van der Waals surface area contributed by atoms with Crippen molar-refractivity contribution in [2.24, 2.45) is 17.3 Å². The van der Waals surface area contributed by atoms with Crippen LogP contribution in [0.5, 0.6) is 0 Å². The Morgan fingerprint density at radius 1 is 0.929 bits per heavy atom. The van der Waals surface area contributed by atoms with E-state index in [0.29, 0.717) is 35.8 Å². The Bertz CT molecular complexity index is 1470. The minimum atomic E-state index is -2.79. The second-order valence-corrected chi connectivity index (χ2v) is 13.9. The SMILES string of the molecule is O=C(C1CCC(F)(F)C1)N(CC12CCC(c3nc(C4CC4)no3)(CC1)CC2)c1cccc(-c2nc(CC3CC3)no2)c1. The average molecular weight is 578 g/mol. The van der Waals surface area contributed by atoms with Gasteiger partial charge in [-0.3, -0.25) is 4.79 Å². The first-order valence-corrected chi connectivity index (χ1v) is 15.8. The van der Waals surface area contributed by atoms with Crippen molar-refractivity contribution >= 4 is 11.6 Å². The number of rotatable bonds is 9. The Labute approximate surface area is 243 Å². The lowest BCUT2D eigenvalue weighted by molar-refractivity contribution is -0.124. The number of benzene rings is 1. The number of alkyl halides is 2. The molecule has 0 N–H and O–H groups in total. The molecule has 1 aromatic carbocycles. The van der Waals surface area contributed by atoms with Gasteiger partial charge in [-0.2, -0.15) is 9.97 Å². The first-order valence-electron chi connectivity index (χ1n) is 15.8. The van der Waals surface area contributed by atoms with Crippen molar-refractivity contribution in [3.8, 4) is 11.5 Å². The van der Waals surface area contributed by atoms with Crippen LogP contribution in [0.4, 0.5) is 14.5 Å². The van der Waals surface area contributed by atoms with E-state index in [1.165, 1.54) is 12.8 Å². The maximum absolute atomic E-state index is 14.3. The predicted molar refractivity (Wildman–Crippen MR) is 149 cm³/mol. The standard InChI is InChI=1S/C32H37F2N5O3/c33-32(34)9-8-23(18-32)28(40)39(24-3-1-2-22(17-24)27-35-25(37-41-27)16-20-4-5-20)19-30-10-13-31(14-11-30,15-12-30)29-36-26(38-42-29)21-6-7-21/h1-3,17,20-21,23H,4-16,18-19H2. The van der Waals surface area contributed by atoms with Gasteiger partial charge in [0.1, 0.15) is 0 Å². The topological polar surface area (TPSA) is 98.2 Å². The molecule has 6 fully saturated rings. The maximum atomic E-state index is 14.3. The highest BCUT2D eigenvalue weighted by Crippen LogP contribution is 2.58. The van der Waals surface area contributed by atoms with Crippen LogP contribution in [-0.4, -0.2) is 38.7 Å². The van der Waals surface area contributed by atoms with Gasteiger partial charge in [0.05, 0.1) is 0 Å². The number of nitrogens with zero attached hydrogens (tertiary/aromatic N) is 5. The minimum Gasteiger partial charge on any atom is -0.339 e. The van der Waals surface area contributed by atoms with Gasteiger partial charge < -0.3 is 13.9 Å². The normalized spacial score (nSPS) is 30.1. The van der Waals surface area contributed by atoms with E-state index in [-0.39, 0.29) is 36.0 Å². The smallest absolute Gasteiger partial charge is 0.257 e. The van der Waals surface area contributed by atoms with Crippen molar-refractivity contribution in [3.05, 3.63) is 41.8 Å². The lowest BCUT2D eigenvalue weighted by Gasteiger charge is -2.53. The van der Waals surface area contributed by atoms with E-state index in [4.69, 9.17) is 14.0 Å². The quantitative estimate of drug-likeness (QED) is 0.270. The Morgan fingerprint density at radius 3 is 2.40 bits per heavy atom. The Hall–Kier alpha value is -3.17. The van der Waals surface area contributed by atoms with Crippen LogP contribution >= 0.6 is 0 Å². The molecule has 1 unspecified atom stereocenters. The highest BCUT2D eigenvalue weighted by molar-refractivity contribution is 5.96. The summed E-state index contributed by atoms with van der Waals surface area (Å²) in [7, 11) is 0. The zero-order chi connectivity index (χ0) is 28.5. The average Bonchev–Trinajstić information content (AvgIpc) is 3.88. The van der Waals surface area contributed by atoms with E-state index < -0.39 is 11.8 Å². The summed E-state index contributed by atoms with van der Waals surface area (Å²) < 4.78 is 39.9. The number of hydrogen-bond acceptors (Lipinski definition) is 7. The molecule has 3 aromatic rings. The van der Waals surface area contributed by atoms with Crippen molar-refractivity contribution in [2.75, 3.05) is 11.4 Å². The fraction of sp³-hybridized carbons (Fsp3) is 0.656. The minimum absolute atomic E-state index is 0.0736. The third kappa shape index (κ3) is 4.94. The highest BCUT2D eigenvalue weighted by atomic mass is 19.3. The molecule has 222 valence electrons. The van der Waals surface area contributed by atoms with Crippen LogP contribution in [0, 0.1) is 17.3 Å². The molecule has 8 nitrogen and oxygen atoms in total. The van der Waals surface area contributed by atoms with E-state index in [9.17, 15) is 13.6 Å². The molecule has 10 heteroatoms. The molecule has 1 atom stereocenters. The summed E-state index contributed by atoms with van der Waals surface area (Å²) in [6.07, 6.45) is 10.7. The number of aromatic nitrogens is 4. The Balaban J connectivity index is 1.05. The molecule has 0 aliphatic heterocycles. The largest absolute Gasteiger partial charge is 0.339 e. The molecular formula is C32H37F2N5O3. The Morgan fingerprint density at radius 2 is 1.71 bits per heavy atom. The number of carbonyl (C=O) groups excluding carboxylic acids is 1. The van der Waals surface area contributed by atoms with Gasteiger partial charge in [0, 0.05) is 54.3 Å². The molecule has 0 saturated heterocycles. The molecule has 9 rings (SSSR count). The molecule has 6 aliphatic carbocycles. The molecule has 1 amide bonds. The van der Waals surface area contributed by atoms with Crippen LogP contribution in [0.1, 0.15) is 107 Å². The van der Waals surface area contributed by atoms with Gasteiger partial charge >= 0.3 is 0 Å². The summed E-state index contributed by atoms with van der Waals surface area (Å²) in [5.74, 6) is 0.203. The molecule has 6 aliphatic rings. The summed E-state index contributed by atoms with van der Waals surface area (Å²) in [6, 6.07) is 7.60. The monoisotopic (exact) mass is 577 g/mol. The lowest BCUT2D eigenvalue weighted by Crippen LogP contribution is -2.51. The van der Waals surface area contributed by atoms with Crippen molar-refractivity contribution in [1.29, 1.82) is 0 Å². The van der Waals surface area contributed by atoms with Gasteiger partial charge in [-0.15, -0.1) is 0 Å². The lowest BCUT2D eigenvalue weighted by atomic mass is 9.53. The molecule has 2 heterocycles. The number of anilines is 1. The number of amides is 1. The molecule has 0 radical (unpaired) electrons. The molecule has 2 aromatic heterocycles. The van der Waals surface area contributed by atoms with Gasteiger partial charge in [0.15, 0.2) is 11.6 Å². The van der Waals surface area contributed by atoms with E-state index in [1.807, 2.05) is 24.3 Å². The third-order valence-electron chi connectivity index (χ3n) is 10.8. The van der Waals surface area contributed by atoms with Crippen LogP contribution < -0.4 is 4.90 Å². The second kappa shape index (κ2) is 9.67. The van der Waals surface area contributed by atoms with Gasteiger partial charge in [-0.1, -0.05) is 16.4 Å². The third-order valence-corrected chi connectivity index (χ3v) is 10.8. The molecule has 6 saturated carbocycles. The van der Waals surface area contributed by atoms with Crippen LogP contribution in [0.3, 0.4) is 0 Å². The van der Waals surface area contributed by atoms with Crippen LogP contribution in [-0.2, 0) is 16.6 Å². The van der Waals surface area contributed by atoms with Crippen LogP contribution in [0.2, 0.25) is 0 Å². The number of carbonyl (C=O) groups is 1. The summed E-state index contributed by atoms with van der Waals surface area (Å²) in [4.78, 5) is 25.2. The first-order chi connectivity index (χ1) is 20.3. The van der Waals surface area contributed by atoms with E-state index in [1.54, 1.807) is 4.90 Å². The van der Waals surface area contributed by atoms with Crippen molar-refractivity contribution in [3.63, 3.8) is 0 Å². The summed E-state index contributed by atoms with van der Waals surface area (Å²) >= 11 is 0. The van der Waals surface area contributed by atoms with Crippen molar-refractivity contribution in [2.45, 2.75) is 107 Å². The van der Waals surface area contributed by atoms with Gasteiger partial charge in [0.25, 0.3) is 5.89 Å². The molecule has 2 bridgehead atoms. The molecule has 42 heavy (non-hydrogen) atoms. The second-order valence-electron chi connectivity index (χ2n) is 13.9. The number of fused-ring (bicyclic) bond motifs is 3. The van der Waals surface area contributed by atoms with Crippen molar-refractivity contribution in [1.82, 2.24) is 20.3 Å². The van der Waals surface area contributed by atoms with Gasteiger partial charge in [0.2, 0.25) is 17.7 Å². The van der Waals surface area contributed by atoms with Crippen molar-refractivity contribution < 1.29 is 22.6 Å². The predicted octanol–water partition coefficient (Wildman–Crippen LogP) is 7.01. The summed E-state index contributed by atoms with van der Waals surface area (Å²) in [6.45, 7) is 0.515. The Kier molecular flexibility index (Phi) is 6.09. The molecule has 0 spiro atoms. The number of halogens is 2. The zero-order valence-corrected chi connectivity index (χ0v) is 23.9. The zero-order valence-electron chi connectivity index (χ0n) is 23.9. The van der Waals surface area contributed by atoms with Gasteiger partial charge in [-0.25, -0.2) is 8.78 Å². The van der Waals surface area contributed by atoms with E-state index in [2.05, 4.69) is 15.3 Å². The fourth-order valence-electron chi connectivity index (χ4n) is 7.63. The molecular weight excluding hydrogens is 540 g/mol. The van der Waals surface area contributed by atoms with Crippen LogP contribution in [0.15, 0.2) is 33.3 Å². The highest BCUT2D eigenvalue weighted by Gasteiger charge is 2.54. The van der Waals surface area contributed by atoms with Crippen LogP contribution in [0.25, 0.3) is 11.5 Å². The number of hydrogen-bond donors (Lipinski definition) is 0. The summed E-state index contributed by atoms with van der Waals surface area (Å²) in [5, 5.41) is 8.45. The summed E-state index contributed by atoms with van der Waals surface area (Å²) in [5.41, 5.74) is 1.29. The van der Waals surface area contributed by atoms with Gasteiger partial charge in [-0.05, 0) is 100 Å². The fourth-order valence-corrected chi connectivity index (χ4v) is 7.63.